The Labute approximate surface area is 99.8 Å². The van der Waals surface area contributed by atoms with Crippen LogP contribution in [0.3, 0.4) is 0 Å². The van der Waals surface area contributed by atoms with Gasteiger partial charge < -0.3 is 0 Å². The van der Waals surface area contributed by atoms with Crippen molar-refractivity contribution in [1.82, 2.24) is 0 Å². The van der Waals surface area contributed by atoms with Gasteiger partial charge in [0.15, 0.2) is 0 Å². The molecule has 0 amide bonds. The molecule has 0 spiro atoms. The SMILES string of the molecule is C=CC=C(C)C=CC1=C(C)C=CCC1(C)C. The van der Waals surface area contributed by atoms with E-state index in [4.69, 9.17) is 0 Å². The van der Waals surface area contributed by atoms with E-state index in [1.807, 2.05) is 12.2 Å². The summed E-state index contributed by atoms with van der Waals surface area (Å²) in [5, 5.41) is 0. The molecule has 1 rings (SSSR count). The van der Waals surface area contributed by atoms with E-state index in [1.165, 1.54) is 16.7 Å². The standard InChI is InChI=1S/C16H22/c1-6-8-13(2)10-11-15-14(3)9-7-12-16(15,4)5/h6-11H,1,12H2,2-5H3. The van der Waals surface area contributed by atoms with E-state index in [9.17, 15) is 0 Å². The molecule has 0 aromatic carbocycles. The van der Waals surface area contributed by atoms with Crippen LogP contribution in [0.1, 0.15) is 34.1 Å². The zero-order chi connectivity index (χ0) is 12.2. The fourth-order valence-electron chi connectivity index (χ4n) is 2.08. The summed E-state index contributed by atoms with van der Waals surface area (Å²) in [6, 6.07) is 0. The molecule has 0 aliphatic heterocycles. The Morgan fingerprint density at radius 1 is 1.44 bits per heavy atom. The second-order valence-electron chi connectivity index (χ2n) is 5.07. The maximum Gasteiger partial charge on any atom is -0.00664 e. The van der Waals surface area contributed by atoms with Crippen molar-refractivity contribution < 1.29 is 0 Å². The molecule has 0 radical (unpaired) electrons. The third kappa shape index (κ3) is 3.10. The lowest BCUT2D eigenvalue weighted by molar-refractivity contribution is 0.456. The van der Waals surface area contributed by atoms with Crippen molar-refractivity contribution >= 4 is 0 Å². The van der Waals surface area contributed by atoms with Crippen molar-refractivity contribution in [2.24, 2.45) is 5.41 Å². The van der Waals surface area contributed by atoms with E-state index >= 15 is 0 Å². The van der Waals surface area contributed by atoms with Gasteiger partial charge in [0.05, 0.1) is 0 Å². The molecule has 0 nitrogen and oxygen atoms in total. The second-order valence-corrected chi connectivity index (χ2v) is 5.07. The van der Waals surface area contributed by atoms with Crippen molar-refractivity contribution in [3.63, 3.8) is 0 Å². The van der Waals surface area contributed by atoms with Gasteiger partial charge >= 0.3 is 0 Å². The molecule has 0 bridgehead atoms. The lowest BCUT2D eigenvalue weighted by Gasteiger charge is -2.29. The fourth-order valence-corrected chi connectivity index (χ4v) is 2.08. The Morgan fingerprint density at radius 3 is 2.69 bits per heavy atom. The van der Waals surface area contributed by atoms with Crippen molar-refractivity contribution in [2.75, 3.05) is 0 Å². The van der Waals surface area contributed by atoms with E-state index in [-0.39, 0.29) is 5.41 Å². The molecule has 0 heterocycles. The summed E-state index contributed by atoms with van der Waals surface area (Å²) in [7, 11) is 0. The predicted octanol–water partition coefficient (Wildman–Crippen LogP) is 4.98. The van der Waals surface area contributed by atoms with E-state index in [0.717, 1.165) is 6.42 Å². The monoisotopic (exact) mass is 214 g/mol. The lowest BCUT2D eigenvalue weighted by Crippen LogP contribution is -2.16. The summed E-state index contributed by atoms with van der Waals surface area (Å²) in [6.45, 7) is 12.6. The highest BCUT2D eigenvalue weighted by Crippen LogP contribution is 2.37. The smallest absolute Gasteiger partial charge is 0.00664 e. The minimum Gasteiger partial charge on any atom is -0.0991 e. The van der Waals surface area contributed by atoms with Crippen LogP contribution < -0.4 is 0 Å². The van der Waals surface area contributed by atoms with Gasteiger partial charge in [-0.1, -0.05) is 62.5 Å². The molecule has 0 saturated heterocycles. The molecule has 0 aromatic heterocycles. The number of rotatable bonds is 3. The van der Waals surface area contributed by atoms with Crippen molar-refractivity contribution in [2.45, 2.75) is 34.1 Å². The van der Waals surface area contributed by atoms with Crippen LogP contribution in [0, 0.1) is 5.41 Å². The highest BCUT2D eigenvalue weighted by atomic mass is 14.3. The first-order chi connectivity index (χ1) is 7.47. The molecule has 86 valence electrons. The Morgan fingerprint density at radius 2 is 2.12 bits per heavy atom. The summed E-state index contributed by atoms with van der Waals surface area (Å²) >= 11 is 0. The quantitative estimate of drug-likeness (QED) is 0.581. The van der Waals surface area contributed by atoms with Crippen LogP contribution in [-0.2, 0) is 0 Å². The van der Waals surface area contributed by atoms with E-state index in [0.29, 0.717) is 0 Å². The molecule has 0 atom stereocenters. The molecule has 0 N–H and O–H groups in total. The van der Waals surface area contributed by atoms with Crippen molar-refractivity contribution in [1.29, 1.82) is 0 Å². The number of hydrogen-bond acceptors (Lipinski definition) is 0. The van der Waals surface area contributed by atoms with Gasteiger partial charge in [-0.2, -0.15) is 0 Å². The van der Waals surface area contributed by atoms with E-state index < -0.39 is 0 Å². The van der Waals surface area contributed by atoms with Gasteiger partial charge in [0.25, 0.3) is 0 Å². The first kappa shape index (κ1) is 12.8. The summed E-state index contributed by atoms with van der Waals surface area (Å²) in [5.41, 5.74) is 4.30. The van der Waals surface area contributed by atoms with Crippen LogP contribution in [0.15, 0.2) is 59.8 Å². The third-order valence-corrected chi connectivity index (χ3v) is 3.04. The van der Waals surface area contributed by atoms with Crippen LogP contribution in [0.4, 0.5) is 0 Å². The Balaban J connectivity index is 2.98. The zero-order valence-corrected chi connectivity index (χ0v) is 10.9. The molecule has 1 aliphatic carbocycles. The van der Waals surface area contributed by atoms with Crippen molar-refractivity contribution in [3.05, 3.63) is 59.8 Å². The van der Waals surface area contributed by atoms with Gasteiger partial charge in [0, 0.05) is 0 Å². The molecular formula is C16H22. The van der Waals surface area contributed by atoms with Crippen LogP contribution in [0.2, 0.25) is 0 Å². The largest absolute Gasteiger partial charge is 0.0991 e. The van der Waals surface area contributed by atoms with Gasteiger partial charge in [-0.15, -0.1) is 0 Å². The van der Waals surface area contributed by atoms with Gasteiger partial charge in [0.1, 0.15) is 0 Å². The Kier molecular flexibility index (Phi) is 4.12. The molecule has 0 fully saturated rings. The number of allylic oxidation sites excluding steroid dienone is 9. The van der Waals surface area contributed by atoms with Crippen LogP contribution >= 0.6 is 0 Å². The van der Waals surface area contributed by atoms with Gasteiger partial charge in [0.2, 0.25) is 0 Å². The molecule has 0 saturated carbocycles. The highest BCUT2D eigenvalue weighted by molar-refractivity contribution is 5.41. The minimum absolute atomic E-state index is 0.254. The minimum atomic E-state index is 0.254. The topological polar surface area (TPSA) is 0 Å². The molecule has 0 heteroatoms. The van der Waals surface area contributed by atoms with Gasteiger partial charge in [-0.3, -0.25) is 0 Å². The van der Waals surface area contributed by atoms with Gasteiger partial charge in [-0.25, -0.2) is 0 Å². The predicted molar refractivity (Wildman–Crippen MR) is 73.3 cm³/mol. The van der Waals surface area contributed by atoms with Crippen LogP contribution in [0.25, 0.3) is 0 Å². The molecule has 0 aromatic rings. The van der Waals surface area contributed by atoms with E-state index in [2.05, 4.69) is 58.6 Å². The average molecular weight is 214 g/mol. The molecular weight excluding hydrogens is 192 g/mol. The average Bonchev–Trinajstić information content (AvgIpc) is 2.16. The van der Waals surface area contributed by atoms with Gasteiger partial charge in [-0.05, 0) is 36.8 Å². The molecule has 0 unspecified atom stereocenters. The summed E-state index contributed by atoms with van der Waals surface area (Å²) in [5.74, 6) is 0. The normalized spacial score (nSPS) is 20.6. The van der Waals surface area contributed by atoms with Crippen LogP contribution in [-0.4, -0.2) is 0 Å². The summed E-state index contributed by atoms with van der Waals surface area (Å²) < 4.78 is 0. The first-order valence-electron chi connectivity index (χ1n) is 5.82. The molecule has 1 aliphatic rings. The summed E-state index contributed by atoms with van der Waals surface area (Å²) in [4.78, 5) is 0. The third-order valence-electron chi connectivity index (χ3n) is 3.04. The fraction of sp³-hybridized carbons (Fsp3) is 0.375. The zero-order valence-electron chi connectivity index (χ0n) is 10.9. The number of hydrogen-bond donors (Lipinski definition) is 0. The van der Waals surface area contributed by atoms with Crippen molar-refractivity contribution in [3.8, 4) is 0 Å². The Hall–Kier alpha value is -1.30. The maximum absolute atomic E-state index is 3.71. The first-order valence-corrected chi connectivity index (χ1v) is 5.82. The van der Waals surface area contributed by atoms with Crippen LogP contribution in [0.5, 0.6) is 0 Å². The molecule has 16 heavy (non-hydrogen) atoms. The highest BCUT2D eigenvalue weighted by Gasteiger charge is 2.23. The second kappa shape index (κ2) is 5.16. The Bertz CT molecular complexity index is 384. The van der Waals surface area contributed by atoms with E-state index in [1.54, 1.807) is 0 Å². The maximum atomic E-state index is 3.71. The lowest BCUT2D eigenvalue weighted by atomic mass is 9.75. The summed E-state index contributed by atoms with van der Waals surface area (Å²) in [6.07, 6.45) is 13.9.